The molecule has 1 amide bonds. The van der Waals surface area contributed by atoms with Crippen molar-refractivity contribution in [3.63, 3.8) is 0 Å². The molecular weight excluding hydrogens is 364 g/mol. The standard InChI is InChI=1S/C21H25ClN2O3/c22-17-5-14-9-23-10-18(14)19(6-17)21(26)7-15-11-24(12-16(15)8-21)20(25)13-1-3-27-4-2-13/h5-6,9,13,15-16,26H,1-4,7-8,10-12H2/t15-,16+,21?. The molecule has 27 heavy (non-hydrogen) atoms. The van der Waals surface area contributed by atoms with E-state index in [4.69, 9.17) is 16.3 Å². The molecule has 5 rings (SSSR count). The third-order valence-electron chi connectivity index (χ3n) is 6.89. The number of hydrogen-bond acceptors (Lipinski definition) is 4. The minimum atomic E-state index is -0.855. The van der Waals surface area contributed by atoms with Crippen LogP contribution in [-0.4, -0.2) is 48.4 Å². The molecule has 6 heteroatoms. The molecule has 1 aliphatic carbocycles. The molecule has 3 fully saturated rings. The summed E-state index contributed by atoms with van der Waals surface area (Å²) in [6, 6.07) is 3.84. The Morgan fingerprint density at radius 2 is 1.93 bits per heavy atom. The van der Waals surface area contributed by atoms with Gasteiger partial charge in [-0.1, -0.05) is 11.6 Å². The smallest absolute Gasteiger partial charge is 0.225 e. The fourth-order valence-corrected chi connectivity index (χ4v) is 5.78. The first-order chi connectivity index (χ1) is 13.0. The molecule has 3 aliphatic heterocycles. The number of nitrogens with zero attached hydrogens (tertiary/aromatic N) is 2. The quantitative estimate of drug-likeness (QED) is 0.847. The second-order valence-corrected chi connectivity index (χ2v) is 9.02. The molecule has 0 spiro atoms. The largest absolute Gasteiger partial charge is 0.385 e. The maximum Gasteiger partial charge on any atom is 0.225 e. The van der Waals surface area contributed by atoms with Crippen LogP contribution in [0.3, 0.4) is 0 Å². The van der Waals surface area contributed by atoms with Crippen LogP contribution in [0.15, 0.2) is 17.1 Å². The minimum absolute atomic E-state index is 0.116. The zero-order valence-electron chi connectivity index (χ0n) is 15.4. The van der Waals surface area contributed by atoms with Crippen molar-refractivity contribution in [2.24, 2.45) is 22.7 Å². The van der Waals surface area contributed by atoms with Gasteiger partial charge >= 0.3 is 0 Å². The number of aliphatic hydroxyl groups is 1. The summed E-state index contributed by atoms with van der Waals surface area (Å²) in [5, 5.41) is 12.1. The van der Waals surface area contributed by atoms with E-state index in [0.29, 0.717) is 49.5 Å². The van der Waals surface area contributed by atoms with Gasteiger partial charge in [0.15, 0.2) is 0 Å². The lowest BCUT2D eigenvalue weighted by molar-refractivity contribution is -0.138. The van der Waals surface area contributed by atoms with Gasteiger partial charge in [0.2, 0.25) is 5.91 Å². The van der Waals surface area contributed by atoms with Crippen LogP contribution in [-0.2, 0) is 21.7 Å². The first-order valence-electron chi connectivity index (χ1n) is 9.95. The molecule has 3 heterocycles. The topological polar surface area (TPSA) is 62.1 Å². The number of carbonyl (C=O) groups excluding carboxylic acids is 1. The van der Waals surface area contributed by atoms with E-state index in [2.05, 4.69) is 4.99 Å². The maximum absolute atomic E-state index is 12.8. The van der Waals surface area contributed by atoms with E-state index in [9.17, 15) is 9.90 Å². The Morgan fingerprint density at radius 1 is 1.22 bits per heavy atom. The number of likely N-dealkylation sites (tertiary alicyclic amines) is 1. The van der Waals surface area contributed by atoms with Crippen LogP contribution >= 0.6 is 11.6 Å². The second kappa shape index (κ2) is 6.57. The number of halogens is 1. The first-order valence-corrected chi connectivity index (χ1v) is 10.3. The van der Waals surface area contributed by atoms with Gasteiger partial charge in [0.05, 0.1) is 12.1 Å². The molecule has 1 unspecified atom stereocenters. The number of fused-ring (bicyclic) bond motifs is 2. The summed E-state index contributed by atoms with van der Waals surface area (Å²) in [7, 11) is 0. The van der Waals surface area contributed by atoms with Crippen molar-refractivity contribution in [3.8, 4) is 0 Å². The summed E-state index contributed by atoms with van der Waals surface area (Å²) in [4.78, 5) is 19.2. The fourth-order valence-electron chi connectivity index (χ4n) is 5.55. The van der Waals surface area contributed by atoms with Gasteiger partial charge in [0.1, 0.15) is 0 Å². The monoisotopic (exact) mass is 388 g/mol. The van der Waals surface area contributed by atoms with Crippen LogP contribution in [0, 0.1) is 17.8 Å². The summed E-state index contributed by atoms with van der Waals surface area (Å²) < 4.78 is 5.38. The van der Waals surface area contributed by atoms with Crippen molar-refractivity contribution in [2.45, 2.75) is 37.8 Å². The van der Waals surface area contributed by atoms with Crippen molar-refractivity contribution >= 4 is 23.7 Å². The summed E-state index contributed by atoms with van der Waals surface area (Å²) in [5.41, 5.74) is 2.22. The molecule has 0 bridgehead atoms. The average molecular weight is 389 g/mol. The van der Waals surface area contributed by atoms with Crippen LogP contribution in [0.4, 0.5) is 0 Å². The molecule has 4 aliphatic rings. The van der Waals surface area contributed by atoms with Crippen molar-refractivity contribution in [1.29, 1.82) is 0 Å². The van der Waals surface area contributed by atoms with Crippen molar-refractivity contribution < 1.29 is 14.6 Å². The zero-order valence-corrected chi connectivity index (χ0v) is 16.1. The lowest BCUT2D eigenvalue weighted by atomic mass is 9.85. The van der Waals surface area contributed by atoms with Gasteiger partial charge < -0.3 is 14.7 Å². The highest BCUT2D eigenvalue weighted by Crippen LogP contribution is 2.51. The van der Waals surface area contributed by atoms with Gasteiger partial charge in [0.25, 0.3) is 0 Å². The van der Waals surface area contributed by atoms with Gasteiger partial charge in [-0.3, -0.25) is 9.79 Å². The highest BCUT2D eigenvalue weighted by molar-refractivity contribution is 6.31. The molecular formula is C21H25ClN2O3. The Hall–Kier alpha value is -1.43. The van der Waals surface area contributed by atoms with Gasteiger partial charge in [-0.2, -0.15) is 0 Å². The number of carbonyl (C=O) groups is 1. The molecule has 5 nitrogen and oxygen atoms in total. The van der Waals surface area contributed by atoms with Crippen molar-refractivity contribution in [3.05, 3.63) is 33.8 Å². The van der Waals surface area contributed by atoms with Crippen LogP contribution in [0.1, 0.15) is 42.4 Å². The number of benzene rings is 1. The summed E-state index contributed by atoms with van der Waals surface area (Å²) in [6.07, 6.45) is 4.91. The summed E-state index contributed by atoms with van der Waals surface area (Å²) in [6.45, 7) is 3.54. The Balaban J connectivity index is 1.32. The molecule has 0 radical (unpaired) electrons. The minimum Gasteiger partial charge on any atom is -0.385 e. The van der Waals surface area contributed by atoms with Gasteiger partial charge in [-0.25, -0.2) is 0 Å². The molecule has 1 aromatic rings. The summed E-state index contributed by atoms with van der Waals surface area (Å²) in [5.74, 6) is 1.12. The second-order valence-electron chi connectivity index (χ2n) is 8.58. The van der Waals surface area contributed by atoms with Crippen LogP contribution < -0.4 is 0 Å². The van der Waals surface area contributed by atoms with E-state index in [0.717, 1.165) is 42.6 Å². The predicted octanol–water partition coefficient (Wildman–Crippen LogP) is 2.76. The third kappa shape index (κ3) is 3.00. The average Bonchev–Trinajstić information content (AvgIpc) is 3.34. The fraction of sp³-hybridized carbons (Fsp3) is 0.619. The number of aliphatic imine (C=N–C) groups is 1. The lowest BCUT2D eigenvalue weighted by Crippen LogP contribution is -2.38. The first kappa shape index (κ1) is 17.7. The van der Waals surface area contributed by atoms with Crippen molar-refractivity contribution in [1.82, 2.24) is 4.90 Å². The van der Waals surface area contributed by atoms with E-state index < -0.39 is 5.60 Å². The highest BCUT2D eigenvalue weighted by atomic mass is 35.5. The Bertz CT molecular complexity index is 789. The molecule has 2 saturated heterocycles. The zero-order chi connectivity index (χ0) is 18.6. The molecule has 3 atom stereocenters. The number of ether oxygens (including phenoxy) is 1. The number of amides is 1. The lowest BCUT2D eigenvalue weighted by Gasteiger charge is -2.30. The van der Waals surface area contributed by atoms with Crippen LogP contribution in [0.2, 0.25) is 5.02 Å². The summed E-state index contributed by atoms with van der Waals surface area (Å²) >= 11 is 6.30. The van der Waals surface area contributed by atoms with Gasteiger partial charge in [0, 0.05) is 43.5 Å². The number of hydrogen-bond donors (Lipinski definition) is 1. The van der Waals surface area contributed by atoms with E-state index in [-0.39, 0.29) is 11.8 Å². The van der Waals surface area contributed by atoms with Gasteiger partial charge in [-0.15, -0.1) is 0 Å². The Labute approximate surface area is 164 Å². The molecule has 1 N–H and O–H groups in total. The molecule has 144 valence electrons. The number of rotatable bonds is 2. The highest BCUT2D eigenvalue weighted by Gasteiger charge is 2.51. The molecule has 1 aromatic carbocycles. The van der Waals surface area contributed by atoms with E-state index in [1.807, 2.05) is 23.2 Å². The van der Waals surface area contributed by atoms with E-state index in [1.165, 1.54) is 0 Å². The Morgan fingerprint density at radius 3 is 2.63 bits per heavy atom. The van der Waals surface area contributed by atoms with E-state index in [1.54, 1.807) is 0 Å². The van der Waals surface area contributed by atoms with E-state index >= 15 is 0 Å². The molecule has 0 aromatic heterocycles. The third-order valence-corrected chi connectivity index (χ3v) is 7.11. The maximum atomic E-state index is 12.8. The predicted molar refractivity (Wildman–Crippen MR) is 103 cm³/mol. The normalized spacial score (nSPS) is 32.7. The SMILES string of the molecule is O=C(C1CCOCC1)N1C[C@@H]2CC(O)(c3cc(Cl)cc4c3CN=C4)C[C@@H]2C1. The van der Waals surface area contributed by atoms with Crippen LogP contribution in [0.25, 0.3) is 0 Å². The Kier molecular flexibility index (Phi) is 4.30. The van der Waals surface area contributed by atoms with Crippen LogP contribution in [0.5, 0.6) is 0 Å². The molecule has 1 saturated carbocycles. The van der Waals surface area contributed by atoms with Crippen molar-refractivity contribution in [2.75, 3.05) is 26.3 Å². The van der Waals surface area contributed by atoms with Gasteiger partial charge in [-0.05, 0) is 66.3 Å².